The fourth-order valence-corrected chi connectivity index (χ4v) is 3.55. The average Bonchev–Trinajstić information content (AvgIpc) is 3.44. The van der Waals surface area contributed by atoms with Gasteiger partial charge in [-0.2, -0.15) is 5.10 Å². The lowest BCUT2D eigenvalue weighted by Crippen LogP contribution is -2.44. The lowest BCUT2D eigenvalue weighted by Gasteiger charge is -2.21. The molecule has 1 aliphatic heterocycles. The van der Waals surface area contributed by atoms with E-state index in [1.54, 1.807) is 29.0 Å². The Morgan fingerprint density at radius 2 is 2.00 bits per heavy atom. The number of nitrogens with one attached hydrogen (secondary N) is 2. The number of aromatic nitrogens is 3. The molecule has 164 valence electrons. The number of hydrogen-bond donors (Lipinski definition) is 2. The highest BCUT2D eigenvalue weighted by molar-refractivity contribution is 14.0. The average molecular weight is 539 g/mol. The van der Waals surface area contributed by atoms with E-state index in [1.807, 2.05) is 24.4 Å². The second-order valence-electron chi connectivity index (χ2n) is 7.04. The molecule has 0 aliphatic carbocycles. The normalized spacial score (nSPS) is 16.2. The molecule has 10 heteroatoms. The third kappa shape index (κ3) is 5.49. The van der Waals surface area contributed by atoms with Crippen LogP contribution in [0.1, 0.15) is 12.0 Å². The second kappa shape index (κ2) is 10.5. The van der Waals surface area contributed by atoms with Crippen molar-refractivity contribution in [3.8, 4) is 5.82 Å². The van der Waals surface area contributed by atoms with Crippen LogP contribution >= 0.6 is 24.0 Å². The number of aliphatic imine (C=N–C) groups is 1. The van der Waals surface area contributed by atoms with Gasteiger partial charge in [0, 0.05) is 51.3 Å². The highest BCUT2D eigenvalue weighted by atomic mass is 127. The summed E-state index contributed by atoms with van der Waals surface area (Å²) in [5.74, 6) is 0.293. The molecule has 1 unspecified atom stereocenters. The van der Waals surface area contributed by atoms with Crippen LogP contribution < -0.4 is 15.5 Å². The summed E-state index contributed by atoms with van der Waals surface area (Å²) in [4.78, 5) is 10.3. The molecule has 31 heavy (non-hydrogen) atoms. The Bertz CT molecular complexity index is 1010. The molecule has 2 aromatic heterocycles. The third-order valence-electron chi connectivity index (χ3n) is 5.02. The molecule has 0 amide bonds. The molecule has 1 atom stereocenters. The van der Waals surface area contributed by atoms with E-state index >= 15 is 0 Å². The van der Waals surface area contributed by atoms with Crippen molar-refractivity contribution in [3.05, 3.63) is 72.2 Å². The summed E-state index contributed by atoms with van der Waals surface area (Å²) in [7, 11) is 1.69. The SMILES string of the molecule is CN=C(NCc1ccnc(-n2cccn2)c1)NC1CCN(c2c(F)cccc2F)C1.I. The Hall–Kier alpha value is -2.76. The monoisotopic (exact) mass is 539 g/mol. The van der Waals surface area contributed by atoms with E-state index in [-0.39, 0.29) is 35.7 Å². The molecule has 0 spiro atoms. The van der Waals surface area contributed by atoms with Crippen molar-refractivity contribution >= 4 is 35.6 Å². The Morgan fingerprint density at radius 3 is 2.71 bits per heavy atom. The molecule has 0 saturated carbocycles. The first-order chi connectivity index (χ1) is 14.6. The molecule has 2 N–H and O–H groups in total. The Labute approximate surface area is 196 Å². The van der Waals surface area contributed by atoms with Crippen molar-refractivity contribution in [2.75, 3.05) is 25.0 Å². The highest BCUT2D eigenvalue weighted by Crippen LogP contribution is 2.26. The maximum Gasteiger partial charge on any atom is 0.191 e. The molecule has 0 radical (unpaired) electrons. The van der Waals surface area contributed by atoms with Gasteiger partial charge in [-0.3, -0.25) is 4.99 Å². The van der Waals surface area contributed by atoms with Crippen molar-refractivity contribution in [2.24, 2.45) is 4.99 Å². The van der Waals surface area contributed by atoms with Crippen LogP contribution in [0.2, 0.25) is 0 Å². The maximum atomic E-state index is 14.1. The van der Waals surface area contributed by atoms with Gasteiger partial charge >= 0.3 is 0 Å². The predicted octanol–water partition coefficient (Wildman–Crippen LogP) is 3.11. The zero-order chi connectivity index (χ0) is 20.9. The number of guanidine groups is 1. The number of hydrogen-bond acceptors (Lipinski definition) is 4. The molecule has 1 aliphatic rings. The van der Waals surface area contributed by atoms with Crippen LogP contribution in [0.3, 0.4) is 0 Å². The number of pyridine rings is 1. The van der Waals surface area contributed by atoms with Gasteiger partial charge < -0.3 is 15.5 Å². The minimum Gasteiger partial charge on any atom is -0.365 e. The number of anilines is 1. The summed E-state index contributed by atoms with van der Waals surface area (Å²) >= 11 is 0. The number of nitrogens with zero attached hydrogens (tertiary/aromatic N) is 5. The van der Waals surface area contributed by atoms with Crippen LogP contribution in [0.4, 0.5) is 14.5 Å². The van der Waals surface area contributed by atoms with Crippen LogP contribution in [0.25, 0.3) is 5.82 Å². The van der Waals surface area contributed by atoms with E-state index in [1.165, 1.54) is 18.2 Å². The molecular formula is C21H24F2IN7. The van der Waals surface area contributed by atoms with Gasteiger partial charge in [0.2, 0.25) is 0 Å². The summed E-state index contributed by atoms with van der Waals surface area (Å²) in [5.41, 5.74) is 1.06. The first kappa shape index (κ1) is 22.9. The molecule has 1 saturated heterocycles. The minimum atomic E-state index is -0.538. The lowest BCUT2D eigenvalue weighted by molar-refractivity contribution is 0.576. The van der Waals surface area contributed by atoms with Crippen molar-refractivity contribution < 1.29 is 8.78 Å². The van der Waals surface area contributed by atoms with Crippen molar-refractivity contribution in [1.82, 2.24) is 25.4 Å². The summed E-state index contributed by atoms with van der Waals surface area (Å²) in [6.07, 6.45) is 6.04. The quantitative estimate of drug-likeness (QED) is 0.297. The lowest BCUT2D eigenvalue weighted by atomic mass is 10.2. The van der Waals surface area contributed by atoms with Crippen LogP contribution in [-0.4, -0.2) is 46.9 Å². The Balaban J connectivity index is 0.00000272. The van der Waals surface area contributed by atoms with Crippen LogP contribution in [0, 0.1) is 11.6 Å². The zero-order valence-electron chi connectivity index (χ0n) is 17.0. The third-order valence-corrected chi connectivity index (χ3v) is 5.02. The van der Waals surface area contributed by atoms with Gasteiger partial charge in [-0.05, 0) is 42.3 Å². The first-order valence-corrected chi connectivity index (χ1v) is 9.75. The van der Waals surface area contributed by atoms with E-state index < -0.39 is 11.6 Å². The van der Waals surface area contributed by atoms with Gasteiger partial charge in [0.15, 0.2) is 11.8 Å². The van der Waals surface area contributed by atoms with Gasteiger partial charge in [-0.15, -0.1) is 24.0 Å². The largest absolute Gasteiger partial charge is 0.365 e. The fourth-order valence-electron chi connectivity index (χ4n) is 3.55. The topological polar surface area (TPSA) is 70.4 Å². The van der Waals surface area contributed by atoms with Gasteiger partial charge in [0.25, 0.3) is 0 Å². The van der Waals surface area contributed by atoms with Crippen LogP contribution in [-0.2, 0) is 6.54 Å². The van der Waals surface area contributed by atoms with E-state index in [0.29, 0.717) is 25.6 Å². The van der Waals surface area contributed by atoms with Crippen LogP contribution in [0.15, 0.2) is 60.0 Å². The summed E-state index contributed by atoms with van der Waals surface area (Å²) in [6.45, 7) is 1.62. The van der Waals surface area contributed by atoms with Crippen molar-refractivity contribution in [3.63, 3.8) is 0 Å². The molecule has 0 bridgehead atoms. The predicted molar refractivity (Wildman–Crippen MR) is 127 cm³/mol. The van der Waals surface area contributed by atoms with Crippen molar-refractivity contribution in [1.29, 1.82) is 0 Å². The number of halogens is 3. The fraction of sp³-hybridized carbons (Fsp3) is 0.286. The van der Waals surface area contributed by atoms with Gasteiger partial charge in [-0.25, -0.2) is 18.4 Å². The molecule has 4 rings (SSSR count). The van der Waals surface area contributed by atoms with E-state index in [9.17, 15) is 8.78 Å². The Morgan fingerprint density at radius 1 is 1.19 bits per heavy atom. The van der Waals surface area contributed by atoms with E-state index in [4.69, 9.17) is 0 Å². The summed E-state index contributed by atoms with van der Waals surface area (Å²) in [5, 5.41) is 10.8. The number of benzene rings is 1. The summed E-state index contributed by atoms with van der Waals surface area (Å²) in [6, 6.07) is 9.70. The Kier molecular flexibility index (Phi) is 7.77. The smallest absolute Gasteiger partial charge is 0.191 e. The highest BCUT2D eigenvalue weighted by Gasteiger charge is 2.27. The van der Waals surface area contributed by atoms with Gasteiger partial charge in [0.05, 0.1) is 0 Å². The van der Waals surface area contributed by atoms with Gasteiger partial charge in [-0.1, -0.05) is 6.07 Å². The maximum absolute atomic E-state index is 14.1. The van der Waals surface area contributed by atoms with E-state index in [0.717, 1.165) is 17.8 Å². The molecule has 1 fully saturated rings. The molecule has 3 aromatic rings. The molecule has 7 nitrogen and oxygen atoms in total. The first-order valence-electron chi connectivity index (χ1n) is 9.75. The molecule has 3 heterocycles. The minimum absolute atomic E-state index is 0. The summed E-state index contributed by atoms with van der Waals surface area (Å²) < 4.78 is 29.8. The number of para-hydroxylation sites is 1. The second-order valence-corrected chi connectivity index (χ2v) is 7.04. The van der Waals surface area contributed by atoms with E-state index in [2.05, 4.69) is 25.7 Å². The molecular weight excluding hydrogens is 515 g/mol. The number of rotatable bonds is 5. The van der Waals surface area contributed by atoms with Crippen molar-refractivity contribution in [2.45, 2.75) is 19.0 Å². The van der Waals surface area contributed by atoms with Crippen LogP contribution in [0.5, 0.6) is 0 Å². The van der Waals surface area contributed by atoms with Gasteiger partial charge in [0.1, 0.15) is 17.3 Å². The zero-order valence-corrected chi connectivity index (χ0v) is 19.3. The standard InChI is InChI=1S/C21H23F2N7.HI/c1-24-21(26-13-15-6-9-25-19(12-15)30-10-3-8-27-30)28-16-7-11-29(14-16)20-17(22)4-2-5-18(20)23;/h2-6,8-10,12,16H,7,11,13-14H2,1H3,(H2,24,26,28);1H. The molecule has 1 aromatic carbocycles.